The van der Waals surface area contributed by atoms with E-state index in [9.17, 15) is 9.59 Å². The average Bonchev–Trinajstić information content (AvgIpc) is 2.79. The standard InChI is InChI=1S/C25H32N2O5/c1-16(28)32-20-11-12-22(26-25(29)17-6-9-19(10-7-17)27(2)3)21(15-20)18-8-13-23(30-4)24(14-18)31-5/h6-10,13-14,20-22H,11-12,15H2,1-5H3,(H,26,29). The smallest absolute Gasteiger partial charge is 0.302 e. The molecule has 3 rings (SSSR count). The number of anilines is 1. The third-order valence-electron chi connectivity index (χ3n) is 5.93. The molecule has 7 nitrogen and oxygen atoms in total. The lowest BCUT2D eigenvalue weighted by molar-refractivity contribution is -0.148. The van der Waals surface area contributed by atoms with Gasteiger partial charge in [0.05, 0.1) is 14.2 Å². The number of ether oxygens (including phenoxy) is 3. The summed E-state index contributed by atoms with van der Waals surface area (Å²) in [5, 5.41) is 3.21. The van der Waals surface area contributed by atoms with Gasteiger partial charge in [-0.15, -0.1) is 0 Å². The SMILES string of the molecule is COc1ccc(C2CC(OC(C)=O)CCC2NC(=O)c2ccc(N(C)C)cc2)cc1OC. The Labute approximate surface area is 189 Å². The summed E-state index contributed by atoms with van der Waals surface area (Å²) in [4.78, 5) is 26.5. The van der Waals surface area contributed by atoms with E-state index in [0.29, 0.717) is 36.3 Å². The first-order chi connectivity index (χ1) is 15.3. The minimum Gasteiger partial charge on any atom is -0.493 e. The maximum absolute atomic E-state index is 13.0. The predicted molar refractivity (Wildman–Crippen MR) is 124 cm³/mol. The van der Waals surface area contributed by atoms with Gasteiger partial charge in [-0.3, -0.25) is 9.59 Å². The van der Waals surface area contributed by atoms with Gasteiger partial charge in [0.2, 0.25) is 0 Å². The second kappa shape index (κ2) is 10.4. The Morgan fingerprint density at radius 1 is 0.969 bits per heavy atom. The zero-order chi connectivity index (χ0) is 23.3. The molecule has 1 fully saturated rings. The van der Waals surface area contributed by atoms with Crippen LogP contribution in [0.3, 0.4) is 0 Å². The number of hydrogen-bond donors (Lipinski definition) is 1. The van der Waals surface area contributed by atoms with E-state index < -0.39 is 0 Å². The minimum atomic E-state index is -0.287. The third kappa shape index (κ3) is 5.52. The fraction of sp³-hybridized carbons (Fsp3) is 0.440. The van der Waals surface area contributed by atoms with E-state index in [2.05, 4.69) is 5.32 Å². The molecule has 172 valence electrons. The highest BCUT2D eigenvalue weighted by Gasteiger charge is 2.34. The number of hydrogen-bond acceptors (Lipinski definition) is 6. The summed E-state index contributed by atoms with van der Waals surface area (Å²) >= 11 is 0. The van der Waals surface area contributed by atoms with Gasteiger partial charge in [-0.25, -0.2) is 0 Å². The predicted octanol–water partition coefficient (Wildman–Crippen LogP) is 3.77. The Morgan fingerprint density at radius 2 is 1.66 bits per heavy atom. The van der Waals surface area contributed by atoms with Crippen molar-refractivity contribution in [3.8, 4) is 11.5 Å². The summed E-state index contributed by atoms with van der Waals surface area (Å²) in [5.41, 5.74) is 2.66. The van der Waals surface area contributed by atoms with E-state index >= 15 is 0 Å². The van der Waals surface area contributed by atoms with Crippen molar-refractivity contribution in [3.05, 3.63) is 53.6 Å². The van der Waals surface area contributed by atoms with Crippen molar-refractivity contribution < 1.29 is 23.8 Å². The Hall–Kier alpha value is -3.22. The molecular weight excluding hydrogens is 408 g/mol. The number of nitrogens with zero attached hydrogens (tertiary/aromatic N) is 1. The second-order valence-electron chi connectivity index (χ2n) is 8.29. The summed E-state index contributed by atoms with van der Waals surface area (Å²) < 4.78 is 16.3. The number of benzene rings is 2. The average molecular weight is 441 g/mol. The third-order valence-corrected chi connectivity index (χ3v) is 5.93. The molecule has 2 aromatic rings. The first-order valence-electron chi connectivity index (χ1n) is 10.8. The Bertz CT molecular complexity index is 942. The first kappa shape index (κ1) is 23.4. The van der Waals surface area contributed by atoms with Crippen LogP contribution >= 0.6 is 0 Å². The molecule has 2 aromatic carbocycles. The molecule has 0 aliphatic heterocycles. The van der Waals surface area contributed by atoms with Crippen LogP contribution in [0.25, 0.3) is 0 Å². The van der Waals surface area contributed by atoms with E-state index in [-0.39, 0.29) is 29.9 Å². The van der Waals surface area contributed by atoms with Gasteiger partial charge >= 0.3 is 5.97 Å². The van der Waals surface area contributed by atoms with E-state index in [0.717, 1.165) is 11.3 Å². The van der Waals surface area contributed by atoms with Gasteiger partial charge in [-0.05, 0) is 61.2 Å². The largest absolute Gasteiger partial charge is 0.493 e. The van der Waals surface area contributed by atoms with Gasteiger partial charge in [-0.2, -0.15) is 0 Å². The topological polar surface area (TPSA) is 77.1 Å². The molecule has 0 radical (unpaired) electrons. The van der Waals surface area contributed by atoms with E-state index in [4.69, 9.17) is 14.2 Å². The van der Waals surface area contributed by atoms with Crippen LogP contribution in [0.1, 0.15) is 48.0 Å². The van der Waals surface area contributed by atoms with Crippen LogP contribution in [0.4, 0.5) is 5.69 Å². The minimum absolute atomic E-state index is 0.0297. The number of methoxy groups -OCH3 is 2. The maximum atomic E-state index is 13.0. The van der Waals surface area contributed by atoms with Crippen LogP contribution < -0.4 is 19.7 Å². The molecule has 0 spiro atoms. The zero-order valence-corrected chi connectivity index (χ0v) is 19.4. The highest BCUT2D eigenvalue weighted by molar-refractivity contribution is 5.94. The Balaban J connectivity index is 1.83. The first-order valence-corrected chi connectivity index (χ1v) is 10.8. The van der Waals surface area contributed by atoms with Gasteiger partial charge in [0.15, 0.2) is 11.5 Å². The van der Waals surface area contributed by atoms with Crippen LogP contribution in [-0.2, 0) is 9.53 Å². The molecule has 0 saturated heterocycles. The number of nitrogens with one attached hydrogen (secondary N) is 1. The van der Waals surface area contributed by atoms with Crippen LogP contribution in [-0.4, -0.2) is 52.3 Å². The van der Waals surface area contributed by atoms with Crippen molar-refractivity contribution in [2.75, 3.05) is 33.2 Å². The van der Waals surface area contributed by atoms with Crippen molar-refractivity contribution in [3.63, 3.8) is 0 Å². The summed E-state index contributed by atoms with van der Waals surface area (Å²) in [5.74, 6) is 0.841. The highest BCUT2D eigenvalue weighted by atomic mass is 16.5. The second-order valence-corrected chi connectivity index (χ2v) is 8.29. The van der Waals surface area contributed by atoms with Crippen molar-refractivity contribution in [2.24, 2.45) is 0 Å². The monoisotopic (exact) mass is 440 g/mol. The lowest BCUT2D eigenvalue weighted by Crippen LogP contribution is -2.44. The van der Waals surface area contributed by atoms with Gasteiger partial charge in [0.25, 0.3) is 5.91 Å². The number of esters is 1. The van der Waals surface area contributed by atoms with Crippen molar-refractivity contribution in [1.29, 1.82) is 0 Å². The van der Waals surface area contributed by atoms with Crippen molar-refractivity contribution >= 4 is 17.6 Å². The molecular formula is C25H32N2O5. The van der Waals surface area contributed by atoms with Gasteiger partial charge in [0.1, 0.15) is 6.10 Å². The van der Waals surface area contributed by atoms with Crippen LogP contribution in [0, 0.1) is 0 Å². The Morgan fingerprint density at radius 3 is 2.25 bits per heavy atom. The lowest BCUT2D eigenvalue weighted by Gasteiger charge is -2.36. The molecule has 1 aliphatic carbocycles. The number of carbonyl (C=O) groups excluding carboxylic acids is 2. The summed E-state index contributed by atoms with van der Waals surface area (Å²) in [7, 11) is 7.12. The molecule has 3 atom stereocenters. The molecule has 32 heavy (non-hydrogen) atoms. The van der Waals surface area contributed by atoms with Crippen LogP contribution in [0.5, 0.6) is 11.5 Å². The molecule has 1 aliphatic rings. The van der Waals surface area contributed by atoms with Crippen LogP contribution in [0.2, 0.25) is 0 Å². The van der Waals surface area contributed by atoms with Gasteiger partial charge in [-0.1, -0.05) is 6.07 Å². The fourth-order valence-electron chi connectivity index (χ4n) is 4.26. The van der Waals surface area contributed by atoms with Crippen LogP contribution in [0.15, 0.2) is 42.5 Å². The maximum Gasteiger partial charge on any atom is 0.302 e. The van der Waals surface area contributed by atoms with Crippen molar-refractivity contribution in [2.45, 2.75) is 44.2 Å². The number of amides is 1. The zero-order valence-electron chi connectivity index (χ0n) is 19.4. The Kier molecular flexibility index (Phi) is 7.62. The summed E-state index contributed by atoms with van der Waals surface area (Å²) in [6, 6.07) is 13.2. The number of carbonyl (C=O) groups is 2. The quantitative estimate of drug-likeness (QED) is 0.661. The van der Waals surface area contributed by atoms with Gasteiger partial charge in [0, 0.05) is 44.2 Å². The number of rotatable bonds is 7. The molecule has 1 saturated carbocycles. The van der Waals surface area contributed by atoms with E-state index in [1.807, 2.05) is 61.5 Å². The van der Waals surface area contributed by atoms with Gasteiger partial charge < -0.3 is 24.4 Å². The molecule has 1 N–H and O–H groups in total. The molecule has 0 bridgehead atoms. The summed E-state index contributed by atoms with van der Waals surface area (Å²) in [6.07, 6.45) is 1.85. The molecule has 0 aromatic heterocycles. The summed E-state index contributed by atoms with van der Waals surface area (Å²) in [6.45, 7) is 1.43. The van der Waals surface area contributed by atoms with E-state index in [1.165, 1.54) is 6.92 Å². The lowest BCUT2D eigenvalue weighted by atomic mass is 9.78. The highest BCUT2D eigenvalue weighted by Crippen LogP contribution is 2.38. The molecule has 7 heteroatoms. The molecule has 1 amide bonds. The van der Waals surface area contributed by atoms with Crippen molar-refractivity contribution in [1.82, 2.24) is 5.32 Å². The fourth-order valence-corrected chi connectivity index (χ4v) is 4.26. The molecule has 0 heterocycles. The molecule has 3 unspecified atom stereocenters. The normalized spacial score (nSPS) is 20.2. The van der Waals surface area contributed by atoms with E-state index in [1.54, 1.807) is 14.2 Å².